The van der Waals surface area contributed by atoms with E-state index in [1.54, 1.807) is 48.5 Å². The van der Waals surface area contributed by atoms with Gasteiger partial charge in [-0.3, -0.25) is 4.79 Å². The number of ether oxygens (including phenoxy) is 2. The van der Waals surface area contributed by atoms with Gasteiger partial charge in [-0.15, -0.1) is 5.10 Å². The number of amides is 1. The maximum atomic E-state index is 12.1. The van der Waals surface area contributed by atoms with Crippen LogP contribution in [0.2, 0.25) is 0 Å². The van der Waals surface area contributed by atoms with E-state index in [2.05, 4.69) is 20.8 Å². The van der Waals surface area contributed by atoms with Crippen LogP contribution >= 0.6 is 0 Å². The van der Waals surface area contributed by atoms with Crippen LogP contribution in [-0.2, 0) is 9.53 Å². The predicted octanol–water partition coefficient (Wildman–Crippen LogP) is 1.47. The van der Waals surface area contributed by atoms with Crippen molar-refractivity contribution < 1.29 is 19.1 Å². The molecule has 0 spiro atoms. The first kappa shape index (κ1) is 17.1. The number of benzene rings is 2. The molecule has 3 rings (SSSR count). The van der Waals surface area contributed by atoms with E-state index in [9.17, 15) is 9.59 Å². The number of anilines is 1. The molecule has 132 valence electrons. The highest BCUT2D eigenvalue weighted by atomic mass is 16.5. The summed E-state index contributed by atoms with van der Waals surface area (Å²) in [6.07, 6.45) is 1.45. The normalized spacial score (nSPS) is 10.2. The Bertz CT molecular complexity index is 911. The van der Waals surface area contributed by atoms with Gasteiger partial charge in [-0.05, 0) is 34.7 Å². The lowest BCUT2D eigenvalue weighted by atomic mass is 10.2. The Balaban J connectivity index is 1.63. The molecule has 0 atom stereocenters. The molecule has 1 aromatic heterocycles. The third-order valence-corrected chi connectivity index (χ3v) is 3.41. The molecule has 1 heterocycles. The number of carbonyl (C=O) groups is 2. The highest BCUT2D eigenvalue weighted by molar-refractivity contribution is 6.01. The lowest BCUT2D eigenvalue weighted by molar-refractivity contribution is -0.118. The molecule has 0 radical (unpaired) electrons. The number of nitrogens with one attached hydrogen (secondary N) is 1. The van der Waals surface area contributed by atoms with Gasteiger partial charge >= 0.3 is 5.97 Å². The van der Waals surface area contributed by atoms with Gasteiger partial charge in [0.05, 0.1) is 24.0 Å². The zero-order valence-electron chi connectivity index (χ0n) is 13.8. The van der Waals surface area contributed by atoms with E-state index in [4.69, 9.17) is 9.47 Å². The standard InChI is InChI=1S/C17H15N5O4/c1-25-17(24)14-7-2-3-8-15(14)19-16(23)10-26-13-6-4-5-12(9-13)22-11-18-20-21-22/h2-9,11H,10H2,1H3,(H,19,23). The number of rotatable bonds is 6. The second-order valence-electron chi connectivity index (χ2n) is 5.13. The summed E-state index contributed by atoms with van der Waals surface area (Å²) in [5, 5.41) is 13.6. The van der Waals surface area contributed by atoms with Crippen LogP contribution in [0, 0.1) is 0 Å². The van der Waals surface area contributed by atoms with E-state index >= 15 is 0 Å². The second-order valence-corrected chi connectivity index (χ2v) is 5.13. The molecule has 3 aromatic rings. The van der Waals surface area contributed by atoms with Crippen LogP contribution in [0.5, 0.6) is 5.75 Å². The first-order chi connectivity index (χ1) is 12.7. The van der Waals surface area contributed by atoms with Gasteiger partial charge in [-0.2, -0.15) is 0 Å². The molecule has 0 aliphatic carbocycles. The molecule has 0 fully saturated rings. The zero-order chi connectivity index (χ0) is 18.4. The summed E-state index contributed by atoms with van der Waals surface area (Å²) in [4.78, 5) is 23.9. The van der Waals surface area contributed by atoms with Crippen molar-refractivity contribution in [2.75, 3.05) is 19.0 Å². The van der Waals surface area contributed by atoms with E-state index in [0.29, 0.717) is 17.1 Å². The maximum Gasteiger partial charge on any atom is 0.339 e. The van der Waals surface area contributed by atoms with E-state index in [0.717, 1.165) is 0 Å². The van der Waals surface area contributed by atoms with Gasteiger partial charge in [0.15, 0.2) is 6.61 Å². The number of nitrogens with zero attached hydrogens (tertiary/aromatic N) is 4. The first-order valence-electron chi connectivity index (χ1n) is 7.61. The molecular weight excluding hydrogens is 338 g/mol. The summed E-state index contributed by atoms with van der Waals surface area (Å²) in [6.45, 7) is -0.228. The maximum absolute atomic E-state index is 12.1. The molecule has 1 amide bonds. The molecule has 2 aromatic carbocycles. The molecule has 0 aliphatic heterocycles. The topological polar surface area (TPSA) is 108 Å². The Labute approximate surface area is 148 Å². The molecule has 9 nitrogen and oxygen atoms in total. The lowest BCUT2D eigenvalue weighted by Gasteiger charge is -2.11. The third-order valence-electron chi connectivity index (χ3n) is 3.41. The minimum Gasteiger partial charge on any atom is -0.484 e. The lowest BCUT2D eigenvalue weighted by Crippen LogP contribution is -2.21. The molecule has 0 saturated heterocycles. The number of hydrogen-bond donors (Lipinski definition) is 1. The van der Waals surface area contributed by atoms with Crippen molar-refractivity contribution in [1.82, 2.24) is 20.2 Å². The Hall–Kier alpha value is -3.75. The van der Waals surface area contributed by atoms with Gasteiger partial charge in [0.2, 0.25) is 0 Å². The average molecular weight is 353 g/mol. The fourth-order valence-electron chi connectivity index (χ4n) is 2.21. The van der Waals surface area contributed by atoms with Crippen LogP contribution in [0.1, 0.15) is 10.4 Å². The van der Waals surface area contributed by atoms with Gasteiger partial charge in [0, 0.05) is 6.07 Å². The first-order valence-corrected chi connectivity index (χ1v) is 7.61. The van der Waals surface area contributed by atoms with Crippen LogP contribution in [0.25, 0.3) is 5.69 Å². The fraction of sp³-hybridized carbons (Fsp3) is 0.118. The van der Waals surface area contributed by atoms with E-state index < -0.39 is 11.9 Å². The molecule has 0 bridgehead atoms. The summed E-state index contributed by atoms with van der Waals surface area (Å²) in [5.41, 5.74) is 1.32. The van der Waals surface area contributed by atoms with Gasteiger partial charge in [0.25, 0.3) is 5.91 Å². The molecule has 9 heteroatoms. The van der Waals surface area contributed by atoms with Gasteiger partial charge in [-0.25, -0.2) is 9.48 Å². The monoisotopic (exact) mass is 353 g/mol. The van der Waals surface area contributed by atoms with Crippen molar-refractivity contribution in [3.63, 3.8) is 0 Å². The van der Waals surface area contributed by atoms with Crippen LogP contribution in [0.4, 0.5) is 5.69 Å². The van der Waals surface area contributed by atoms with E-state index in [1.165, 1.54) is 18.1 Å². The highest BCUT2D eigenvalue weighted by Crippen LogP contribution is 2.17. The minimum absolute atomic E-state index is 0.228. The van der Waals surface area contributed by atoms with Crippen molar-refractivity contribution in [3.8, 4) is 11.4 Å². The van der Waals surface area contributed by atoms with Crippen molar-refractivity contribution in [2.45, 2.75) is 0 Å². The third kappa shape index (κ3) is 4.01. The van der Waals surface area contributed by atoms with E-state index in [1.807, 2.05) is 0 Å². The zero-order valence-corrected chi connectivity index (χ0v) is 13.8. The molecule has 0 aliphatic rings. The van der Waals surface area contributed by atoms with Gasteiger partial charge in [0.1, 0.15) is 12.1 Å². The quantitative estimate of drug-likeness (QED) is 0.668. The van der Waals surface area contributed by atoms with Crippen LogP contribution in [0.15, 0.2) is 54.9 Å². The SMILES string of the molecule is COC(=O)c1ccccc1NC(=O)COc1cccc(-n2cnnn2)c1. The van der Waals surface area contributed by atoms with Gasteiger partial charge < -0.3 is 14.8 Å². The van der Waals surface area contributed by atoms with Crippen LogP contribution in [0.3, 0.4) is 0 Å². The summed E-state index contributed by atoms with van der Waals surface area (Å²) in [7, 11) is 1.28. The molecule has 0 unspecified atom stereocenters. The number of methoxy groups -OCH3 is 1. The Kier molecular flexibility index (Phi) is 5.18. The number of hydrogen-bond acceptors (Lipinski definition) is 7. The number of para-hydroxylation sites is 1. The number of tetrazole rings is 1. The largest absolute Gasteiger partial charge is 0.484 e. The molecule has 0 saturated carbocycles. The second kappa shape index (κ2) is 7.88. The predicted molar refractivity (Wildman–Crippen MR) is 91.1 cm³/mol. The molecule has 1 N–H and O–H groups in total. The number of aromatic nitrogens is 4. The van der Waals surface area contributed by atoms with Crippen molar-refractivity contribution in [3.05, 3.63) is 60.4 Å². The summed E-state index contributed by atoms with van der Waals surface area (Å²) >= 11 is 0. The highest BCUT2D eigenvalue weighted by Gasteiger charge is 2.13. The fourth-order valence-corrected chi connectivity index (χ4v) is 2.21. The molecular formula is C17H15N5O4. The smallest absolute Gasteiger partial charge is 0.339 e. The molecule has 26 heavy (non-hydrogen) atoms. The van der Waals surface area contributed by atoms with Crippen molar-refractivity contribution >= 4 is 17.6 Å². The van der Waals surface area contributed by atoms with Crippen LogP contribution < -0.4 is 10.1 Å². The summed E-state index contributed by atoms with van der Waals surface area (Å²) in [5.74, 6) is -0.459. The van der Waals surface area contributed by atoms with Crippen LogP contribution in [-0.4, -0.2) is 45.8 Å². The number of esters is 1. The Morgan fingerprint density at radius 3 is 2.77 bits per heavy atom. The van der Waals surface area contributed by atoms with Crippen molar-refractivity contribution in [1.29, 1.82) is 0 Å². The summed E-state index contributed by atoms with van der Waals surface area (Å²) < 4.78 is 11.7. The minimum atomic E-state index is -0.532. The Morgan fingerprint density at radius 1 is 1.15 bits per heavy atom. The van der Waals surface area contributed by atoms with Crippen molar-refractivity contribution in [2.24, 2.45) is 0 Å². The average Bonchev–Trinajstić information content (AvgIpc) is 3.21. The summed E-state index contributed by atoms with van der Waals surface area (Å²) in [6, 6.07) is 13.5. The number of carbonyl (C=O) groups excluding carboxylic acids is 2. The van der Waals surface area contributed by atoms with Gasteiger partial charge in [-0.1, -0.05) is 18.2 Å². The Morgan fingerprint density at radius 2 is 2.00 bits per heavy atom. The van der Waals surface area contributed by atoms with E-state index in [-0.39, 0.29) is 12.2 Å².